The lowest BCUT2D eigenvalue weighted by Gasteiger charge is -2.35. The Morgan fingerprint density at radius 2 is 2.28 bits per heavy atom. The molecule has 1 unspecified atom stereocenters. The van der Waals surface area contributed by atoms with Crippen LogP contribution in [0.3, 0.4) is 0 Å². The van der Waals surface area contributed by atoms with Gasteiger partial charge in [0.25, 0.3) is 10.0 Å². The maximum Gasteiger partial charge on any atom is 0.252 e. The van der Waals surface area contributed by atoms with Crippen LogP contribution in [0.2, 0.25) is 0 Å². The van der Waals surface area contributed by atoms with Crippen LogP contribution in [0.15, 0.2) is 16.3 Å². The number of sulfonamides is 1. The van der Waals surface area contributed by atoms with Crippen molar-refractivity contribution in [1.29, 1.82) is 5.26 Å². The van der Waals surface area contributed by atoms with Gasteiger partial charge in [-0.05, 0) is 31.9 Å². The van der Waals surface area contributed by atoms with Gasteiger partial charge in [0.2, 0.25) is 0 Å². The Balaban J connectivity index is 2.29. The van der Waals surface area contributed by atoms with E-state index in [-0.39, 0.29) is 10.8 Å². The fraction of sp³-hybridized carbons (Fsp3) is 0.545. The van der Waals surface area contributed by atoms with Crippen LogP contribution in [0.1, 0.15) is 24.6 Å². The summed E-state index contributed by atoms with van der Waals surface area (Å²) >= 11 is 0.961. The molecule has 1 aliphatic rings. The lowest BCUT2D eigenvalue weighted by molar-refractivity contribution is 0.00945. The summed E-state index contributed by atoms with van der Waals surface area (Å²) in [7, 11) is -3.58. The summed E-state index contributed by atoms with van der Waals surface area (Å²) in [5, 5.41) is 18.7. The van der Waals surface area contributed by atoms with E-state index in [1.54, 1.807) is 6.92 Å². The van der Waals surface area contributed by atoms with Gasteiger partial charge in [0.15, 0.2) is 0 Å². The second-order valence-corrected chi connectivity index (χ2v) is 7.92. The van der Waals surface area contributed by atoms with Crippen molar-refractivity contribution >= 4 is 21.4 Å². The van der Waals surface area contributed by atoms with Gasteiger partial charge in [0.1, 0.15) is 15.2 Å². The highest BCUT2D eigenvalue weighted by molar-refractivity contribution is 7.91. The number of β-amino-alcohol motifs (C(OH)–C–C–N with tert-alkyl or cyclic N) is 1. The minimum absolute atomic E-state index is 0.106. The Kier molecular flexibility index (Phi) is 3.47. The van der Waals surface area contributed by atoms with E-state index in [0.717, 1.165) is 11.3 Å². The molecule has 1 fully saturated rings. The van der Waals surface area contributed by atoms with Crippen LogP contribution >= 0.6 is 11.3 Å². The number of piperidine rings is 1. The molecule has 7 heteroatoms. The van der Waals surface area contributed by atoms with Crippen molar-refractivity contribution in [3.05, 3.63) is 17.0 Å². The van der Waals surface area contributed by atoms with Crippen LogP contribution in [0.25, 0.3) is 0 Å². The maximum atomic E-state index is 12.3. The molecule has 1 N–H and O–H groups in total. The number of nitriles is 1. The van der Waals surface area contributed by atoms with Gasteiger partial charge in [-0.1, -0.05) is 0 Å². The summed E-state index contributed by atoms with van der Waals surface area (Å²) in [5.74, 6) is 0. The van der Waals surface area contributed by atoms with E-state index in [1.807, 2.05) is 6.07 Å². The topological polar surface area (TPSA) is 81.4 Å². The van der Waals surface area contributed by atoms with Gasteiger partial charge in [-0.25, -0.2) is 8.42 Å². The van der Waals surface area contributed by atoms with Crippen molar-refractivity contribution in [2.75, 3.05) is 13.1 Å². The Labute approximate surface area is 110 Å². The zero-order valence-corrected chi connectivity index (χ0v) is 11.6. The third kappa shape index (κ3) is 2.57. The first kappa shape index (κ1) is 13.5. The van der Waals surface area contributed by atoms with E-state index >= 15 is 0 Å². The summed E-state index contributed by atoms with van der Waals surface area (Å²) in [5.41, 5.74) is -0.972. The van der Waals surface area contributed by atoms with Gasteiger partial charge < -0.3 is 5.11 Å². The monoisotopic (exact) mass is 286 g/mol. The van der Waals surface area contributed by atoms with Gasteiger partial charge >= 0.3 is 0 Å². The third-order valence-electron chi connectivity index (χ3n) is 2.93. The minimum Gasteiger partial charge on any atom is -0.389 e. The molecule has 1 atom stereocenters. The normalized spacial score (nSPS) is 25.8. The summed E-state index contributed by atoms with van der Waals surface area (Å²) in [6, 6.07) is 4.87. The molecular formula is C11H14N2O3S2. The Bertz CT molecular complexity index is 584. The van der Waals surface area contributed by atoms with E-state index in [2.05, 4.69) is 0 Å². The molecule has 5 nitrogen and oxygen atoms in total. The molecule has 1 aliphatic heterocycles. The summed E-state index contributed by atoms with van der Waals surface area (Å²) in [6.07, 6.45) is 1.25. The zero-order chi connectivity index (χ0) is 13.4. The van der Waals surface area contributed by atoms with E-state index in [9.17, 15) is 13.5 Å². The number of thiophene rings is 1. The minimum atomic E-state index is -3.58. The van der Waals surface area contributed by atoms with Crippen LogP contribution in [-0.4, -0.2) is 36.5 Å². The fourth-order valence-electron chi connectivity index (χ4n) is 2.03. The van der Waals surface area contributed by atoms with Gasteiger partial charge in [-0.2, -0.15) is 9.57 Å². The predicted molar refractivity (Wildman–Crippen MR) is 67.7 cm³/mol. The van der Waals surface area contributed by atoms with Gasteiger partial charge in [0.05, 0.1) is 5.60 Å². The van der Waals surface area contributed by atoms with Gasteiger partial charge in [-0.3, -0.25) is 0 Å². The zero-order valence-electron chi connectivity index (χ0n) is 9.96. The van der Waals surface area contributed by atoms with E-state index in [0.29, 0.717) is 24.3 Å². The van der Waals surface area contributed by atoms with Gasteiger partial charge in [-0.15, -0.1) is 11.3 Å². The van der Waals surface area contributed by atoms with Crippen LogP contribution in [-0.2, 0) is 10.0 Å². The van der Waals surface area contributed by atoms with E-state index in [4.69, 9.17) is 5.26 Å². The highest BCUT2D eigenvalue weighted by Crippen LogP contribution is 2.29. The quantitative estimate of drug-likeness (QED) is 0.884. The number of hydrogen-bond donors (Lipinski definition) is 1. The van der Waals surface area contributed by atoms with E-state index in [1.165, 1.54) is 16.4 Å². The molecule has 0 spiro atoms. The van der Waals surface area contributed by atoms with Crippen LogP contribution < -0.4 is 0 Å². The lowest BCUT2D eigenvalue weighted by Crippen LogP contribution is -2.48. The lowest BCUT2D eigenvalue weighted by atomic mass is 9.97. The van der Waals surface area contributed by atoms with Crippen LogP contribution in [0.5, 0.6) is 0 Å². The molecule has 2 heterocycles. The van der Waals surface area contributed by atoms with Crippen molar-refractivity contribution in [1.82, 2.24) is 4.31 Å². The van der Waals surface area contributed by atoms with Gasteiger partial charge in [0, 0.05) is 13.1 Å². The number of hydrogen-bond acceptors (Lipinski definition) is 5. The fourth-order valence-corrected chi connectivity index (χ4v) is 4.88. The van der Waals surface area contributed by atoms with Crippen molar-refractivity contribution < 1.29 is 13.5 Å². The molecule has 0 amide bonds. The number of aliphatic hydroxyl groups is 1. The number of rotatable bonds is 2. The Morgan fingerprint density at radius 1 is 1.56 bits per heavy atom. The smallest absolute Gasteiger partial charge is 0.252 e. The molecule has 0 bridgehead atoms. The first-order chi connectivity index (χ1) is 8.35. The standard InChI is InChI=1S/C11H14N2O3S2/c1-11(14)5-2-6-13(8-11)18(15,16)10-4-3-9(7-12)17-10/h3-4,14H,2,5-6,8H2,1H3. The molecular weight excluding hydrogens is 272 g/mol. The predicted octanol–water partition coefficient (Wildman–Crippen LogP) is 1.16. The highest BCUT2D eigenvalue weighted by atomic mass is 32.2. The molecule has 0 radical (unpaired) electrons. The number of nitrogens with zero attached hydrogens (tertiary/aromatic N) is 2. The molecule has 1 aromatic rings. The first-order valence-corrected chi connectivity index (χ1v) is 7.83. The molecule has 1 saturated heterocycles. The van der Waals surface area contributed by atoms with Crippen molar-refractivity contribution in [3.63, 3.8) is 0 Å². The van der Waals surface area contributed by atoms with Crippen molar-refractivity contribution in [2.24, 2.45) is 0 Å². The summed E-state index contributed by atoms with van der Waals surface area (Å²) < 4.78 is 26.1. The first-order valence-electron chi connectivity index (χ1n) is 5.58. The average Bonchev–Trinajstić information content (AvgIpc) is 2.76. The van der Waals surface area contributed by atoms with Crippen LogP contribution in [0, 0.1) is 11.3 Å². The van der Waals surface area contributed by atoms with E-state index < -0.39 is 15.6 Å². The highest BCUT2D eigenvalue weighted by Gasteiger charge is 2.36. The Morgan fingerprint density at radius 3 is 2.83 bits per heavy atom. The SMILES string of the molecule is CC1(O)CCCN(S(=O)(=O)c2ccc(C#N)s2)C1. The summed E-state index contributed by atoms with van der Waals surface area (Å²) in [6.45, 7) is 2.16. The van der Waals surface area contributed by atoms with Crippen molar-refractivity contribution in [3.8, 4) is 6.07 Å². The molecule has 98 valence electrons. The third-order valence-corrected chi connectivity index (χ3v) is 6.23. The van der Waals surface area contributed by atoms with Crippen LogP contribution in [0.4, 0.5) is 0 Å². The molecule has 18 heavy (non-hydrogen) atoms. The largest absolute Gasteiger partial charge is 0.389 e. The molecule has 0 aliphatic carbocycles. The van der Waals surface area contributed by atoms with Crippen molar-refractivity contribution in [2.45, 2.75) is 29.6 Å². The molecule has 1 aromatic heterocycles. The average molecular weight is 286 g/mol. The second-order valence-electron chi connectivity index (χ2n) is 4.67. The summed E-state index contributed by atoms with van der Waals surface area (Å²) in [4.78, 5) is 0.373. The molecule has 0 aromatic carbocycles. The Hall–Kier alpha value is -0.940. The maximum absolute atomic E-state index is 12.3. The second kappa shape index (κ2) is 4.63. The molecule has 0 saturated carbocycles. The molecule has 2 rings (SSSR count).